The topological polar surface area (TPSA) is 37.4 Å². The van der Waals surface area contributed by atoms with E-state index in [1.807, 2.05) is 18.3 Å². The van der Waals surface area contributed by atoms with Gasteiger partial charge >= 0.3 is 0 Å². The summed E-state index contributed by atoms with van der Waals surface area (Å²) in [5, 5.41) is 2.21. The van der Waals surface area contributed by atoms with Crippen LogP contribution in [0.15, 0.2) is 24.4 Å². The van der Waals surface area contributed by atoms with Crippen molar-refractivity contribution >= 4 is 0 Å². The first-order valence-electron chi connectivity index (χ1n) is 5.41. The van der Waals surface area contributed by atoms with Gasteiger partial charge in [-0.1, -0.05) is 6.07 Å². The minimum atomic E-state index is 0.830. The highest BCUT2D eigenvalue weighted by Crippen LogP contribution is 1.95. The Labute approximate surface area is 90.2 Å². The molecular weight excluding hydrogens is 190 g/mol. The number of nitrogens with zero attached hydrogens (tertiary/aromatic N) is 2. The van der Waals surface area contributed by atoms with Crippen molar-refractivity contribution < 1.29 is 4.74 Å². The van der Waals surface area contributed by atoms with Crippen LogP contribution < -0.4 is 5.43 Å². The average molecular weight is 207 g/mol. The predicted molar refractivity (Wildman–Crippen MR) is 58.3 cm³/mol. The van der Waals surface area contributed by atoms with Gasteiger partial charge in [-0.25, -0.2) is 5.01 Å². The molecule has 0 aromatic carbocycles. The zero-order valence-corrected chi connectivity index (χ0v) is 8.85. The number of hydrogen-bond acceptors (Lipinski definition) is 4. The van der Waals surface area contributed by atoms with Crippen LogP contribution in [-0.4, -0.2) is 42.8 Å². The molecule has 0 aliphatic carbocycles. The maximum Gasteiger partial charge on any atom is 0.0608 e. The molecule has 0 unspecified atom stereocenters. The zero-order valence-electron chi connectivity index (χ0n) is 8.85. The van der Waals surface area contributed by atoms with Gasteiger partial charge in [-0.3, -0.25) is 10.4 Å². The molecule has 0 spiro atoms. The minimum Gasteiger partial charge on any atom is -0.379 e. The van der Waals surface area contributed by atoms with Crippen LogP contribution in [0.2, 0.25) is 0 Å². The Hall–Kier alpha value is -0.970. The van der Waals surface area contributed by atoms with Gasteiger partial charge in [-0.05, 0) is 12.1 Å². The van der Waals surface area contributed by atoms with Gasteiger partial charge < -0.3 is 4.74 Å². The number of rotatable bonds is 4. The summed E-state index contributed by atoms with van der Waals surface area (Å²) >= 11 is 0. The second kappa shape index (κ2) is 5.80. The third-order valence-electron chi connectivity index (χ3n) is 2.45. The summed E-state index contributed by atoms with van der Waals surface area (Å²) in [6.07, 6.45) is 2.81. The van der Waals surface area contributed by atoms with Gasteiger partial charge in [-0.15, -0.1) is 0 Å². The molecule has 1 saturated heterocycles. The molecule has 1 fully saturated rings. The molecule has 4 heteroatoms. The summed E-state index contributed by atoms with van der Waals surface area (Å²) in [5.41, 5.74) is 4.52. The fourth-order valence-electron chi connectivity index (χ4n) is 1.61. The lowest BCUT2D eigenvalue weighted by Crippen LogP contribution is -2.46. The maximum absolute atomic E-state index is 5.27. The molecule has 82 valence electrons. The molecule has 1 aliphatic rings. The van der Waals surface area contributed by atoms with E-state index in [-0.39, 0.29) is 0 Å². The van der Waals surface area contributed by atoms with Crippen molar-refractivity contribution in [2.24, 2.45) is 0 Å². The quantitative estimate of drug-likeness (QED) is 0.778. The SMILES string of the molecule is c1ccc(CCNN2CCOCC2)nc1. The number of hydrogen-bond donors (Lipinski definition) is 1. The number of ether oxygens (including phenoxy) is 1. The van der Waals surface area contributed by atoms with Crippen molar-refractivity contribution in [3.63, 3.8) is 0 Å². The van der Waals surface area contributed by atoms with Crippen LogP contribution in [0.3, 0.4) is 0 Å². The van der Waals surface area contributed by atoms with Crippen LogP contribution in [-0.2, 0) is 11.2 Å². The highest BCUT2D eigenvalue weighted by Gasteiger charge is 2.08. The largest absolute Gasteiger partial charge is 0.379 e. The van der Waals surface area contributed by atoms with Crippen LogP contribution in [0.5, 0.6) is 0 Å². The Bertz CT molecular complexity index is 272. The summed E-state index contributed by atoms with van der Waals surface area (Å²) in [6.45, 7) is 4.55. The fraction of sp³-hybridized carbons (Fsp3) is 0.545. The molecule has 4 nitrogen and oxygen atoms in total. The third kappa shape index (κ3) is 3.58. The highest BCUT2D eigenvalue weighted by atomic mass is 16.5. The Balaban J connectivity index is 1.66. The van der Waals surface area contributed by atoms with Crippen LogP contribution in [0.1, 0.15) is 5.69 Å². The minimum absolute atomic E-state index is 0.830. The summed E-state index contributed by atoms with van der Waals surface area (Å²) in [5.74, 6) is 0. The second-order valence-electron chi connectivity index (χ2n) is 3.58. The lowest BCUT2D eigenvalue weighted by atomic mass is 10.3. The molecule has 0 radical (unpaired) electrons. The Morgan fingerprint density at radius 2 is 2.20 bits per heavy atom. The first-order chi connectivity index (χ1) is 7.45. The molecule has 2 rings (SSSR count). The fourth-order valence-corrected chi connectivity index (χ4v) is 1.61. The van der Waals surface area contributed by atoms with Gasteiger partial charge in [0.2, 0.25) is 0 Å². The zero-order chi connectivity index (χ0) is 10.3. The van der Waals surface area contributed by atoms with E-state index in [1.165, 1.54) is 0 Å². The van der Waals surface area contributed by atoms with Gasteiger partial charge in [0.25, 0.3) is 0 Å². The van der Waals surface area contributed by atoms with Crippen LogP contribution in [0.25, 0.3) is 0 Å². The monoisotopic (exact) mass is 207 g/mol. The number of nitrogens with one attached hydrogen (secondary N) is 1. The molecule has 0 atom stereocenters. The molecule has 1 aromatic rings. The van der Waals surface area contributed by atoms with Crippen molar-refractivity contribution in [3.8, 4) is 0 Å². The van der Waals surface area contributed by atoms with Gasteiger partial charge in [0.05, 0.1) is 13.2 Å². The number of aromatic nitrogens is 1. The standard InChI is InChI=1S/C11H17N3O/c1-2-5-12-11(3-1)4-6-13-14-7-9-15-10-8-14/h1-3,5,13H,4,6-10H2. The van der Waals surface area contributed by atoms with E-state index < -0.39 is 0 Å². The molecule has 1 aliphatic heterocycles. The third-order valence-corrected chi connectivity index (χ3v) is 2.45. The van der Waals surface area contributed by atoms with E-state index in [0.717, 1.165) is 45.0 Å². The van der Waals surface area contributed by atoms with E-state index in [9.17, 15) is 0 Å². The number of morpholine rings is 1. The molecule has 15 heavy (non-hydrogen) atoms. The van der Waals surface area contributed by atoms with Crippen molar-refractivity contribution in [2.45, 2.75) is 6.42 Å². The Kier molecular flexibility index (Phi) is 4.08. The Morgan fingerprint density at radius 1 is 1.33 bits per heavy atom. The van der Waals surface area contributed by atoms with E-state index in [2.05, 4.69) is 21.5 Å². The van der Waals surface area contributed by atoms with Crippen LogP contribution in [0, 0.1) is 0 Å². The van der Waals surface area contributed by atoms with Crippen LogP contribution in [0.4, 0.5) is 0 Å². The smallest absolute Gasteiger partial charge is 0.0608 e. The first-order valence-corrected chi connectivity index (χ1v) is 5.41. The normalized spacial score (nSPS) is 17.9. The van der Waals surface area contributed by atoms with Gasteiger partial charge in [0, 0.05) is 37.9 Å². The summed E-state index contributed by atoms with van der Waals surface area (Å²) in [4.78, 5) is 4.28. The highest BCUT2D eigenvalue weighted by molar-refractivity contribution is 5.03. The van der Waals surface area contributed by atoms with E-state index >= 15 is 0 Å². The molecule has 0 amide bonds. The van der Waals surface area contributed by atoms with Crippen molar-refractivity contribution in [3.05, 3.63) is 30.1 Å². The van der Waals surface area contributed by atoms with E-state index in [0.29, 0.717) is 0 Å². The lowest BCUT2D eigenvalue weighted by molar-refractivity contribution is 0.0123. The molecular formula is C11H17N3O. The van der Waals surface area contributed by atoms with Crippen LogP contribution >= 0.6 is 0 Å². The number of pyridine rings is 1. The summed E-state index contributed by atoms with van der Waals surface area (Å²) in [6, 6.07) is 6.02. The molecule has 0 bridgehead atoms. The maximum atomic E-state index is 5.27. The van der Waals surface area contributed by atoms with Gasteiger partial charge in [0.15, 0.2) is 0 Å². The van der Waals surface area contributed by atoms with Crippen molar-refractivity contribution in [1.29, 1.82) is 0 Å². The average Bonchev–Trinajstić information content (AvgIpc) is 2.32. The predicted octanol–water partition coefficient (Wildman–Crippen LogP) is 0.461. The Morgan fingerprint density at radius 3 is 2.93 bits per heavy atom. The molecule has 1 aromatic heterocycles. The van der Waals surface area contributed by atoms with E-state index in [1.54, 1.807) is 0 Å². The molecule has 0 saturated carbocycles. The number of hydrazine groups is 1. The van der Waals surface area contributed by atoms with Crippen molar-refractivity contribution in [1.82, 2.24) is 15.4 Å². The summed E-state index contributed by atoms with van der Waals surface area (Å²) in [7, 11) is 0. The van der Waals surface area contributed by atoms with Crippen molar-refractivity contribution in [2.75, 3.05) is 32.8 Å². The summed E-state index contributed by atoms with van der Waals surface area (Å²) < 4.78 is 5.27. The van der Waals surface area contributed by atoms with Gasteiger partial charge in [-0.2, -0.15) is 0 Å². The van der Waals surface area contributed by atoms with E-state index in [4.69, 9.17) is 4.74 Å². The lowest BCUT2D eigenvalue weighted by Gasteiger charge is -2.27. The molecule has 2 heterocycles. The second-order valence-corrected chi connectivity index (χ2v) is 3.58. The van der Waals surface area contributed by atoms with Gasteiger partial charge in [0.1, 0.15) is 0 Å². The first kappa shape index (κ1) is 10.5. The molecule has 1 N–H and O–H groups in total.